The molecule has 14 heavy (non-hydrogen) atoms. The Morgan fingerprint density at radius 1 is 1.36 bits per heavy atom. The summed E-state index contributed by atoms with van der Waals surface area (Å²) >= 11 is 0. The average molecular weight is 188 g/mol. The Kier molecular flexibility index (Phi) is 2.18. The van der Waals surface area contributed by atoms with Gasteiger partial charge in [0, 0.05) is 11.5 Å². The Hall–Kier alpha value is -1.11. The van der Waals surface area contributed by atoms with Gasteiger partial charge in [0.1, 0.15) is 0 Å². The summed E-state index contributed by atoms with van der Waals surface area (Å²) in [5.74, 6) is 1.25. The normalized spacial score (nSPS) is 24.8. The third-order valence-electron chi connectivity index (χ3n) is 3.32. The van der Waals surface area contributed by atoms with Crippen LogP contribution in [-0.4, -0.2) is 5.78 Å². The van der Waals surface area contributed by atoms with Crippen LogP contribution in [0.15, 0.2) is 18.2 Å². The largest absolute Gasteiger partial charge is 0.294 e. The zero-order valence-electron chi connectivity index (χ0n) is 9.00. The SMILES string of the molecule is Cc1cccc(C(=O)C2CC2C)c1C. The highest BCUT2D eigenvalue weighted by atomic mass is 16.1. The molecule has 1 heteroatoms. The molecule has 1 aliphatic carbocycles. The molecule has 0 radical (unpaired) electrons. The standard InChI is InChI=1S/C13H16O/c1-8-5-4-6-11(10(8)3)13(14)12-7-9(12)2/h4-6,9,12H,7H2,1-3H3. The van der Waals surface area contributed by atoms with E-state index < -0.39 is 0 Å². The van der Waals surface area contributed by atoms with E-state index in [4.69, 9.17) is 0 Å². The van der Waals surface area contributed by atoms with Crippen LogP contribution in [0.4, 0.5) is 0 Å². The Morgan fingerprint density at radius 3 is 2.57 bits per heavy atom. The van der Waals surface area contributed by atoms with E-state index in [2.05, 4.69) is 19.9 Å². The third-order valence-corrected chi connectivity index (χ3v) is 3.32. The van der Waals surface area contributed by atoms with E-state index in [1.165, 1.54) is 5.56 Å². The summed E-state index contributed by atoms with van der Waals surface area (Å²) in [6, 6.07) is 5.99. The first-order valence-corrected chi connectivity index (χ1v) is 5.21. The van der Waals surface area contributed by atoms with Gasteiger partial charge in [-0.25, -0.2) is 0 Å². The monoisotopic (exact) mass is 188 g/mol. The number of rotatable bonds is 2. The predicted octanol–water partition coefficient (Wildman–Crippen LogP) is 3.14. The van der Waals surface area contributed by atoms with Crippen molar-refractivity contribution in [1.29, 1.82) is 0 Å². The molecule has 2 unspecified atom stereocenters. The molecule has 1 aromatic rings. The van der Waals surface area contributed by atoms with Crippen molar-refractivity contribution in [2.75, 3.05) is 0 Å². The van der Waals surface area contributed by atoms with Crippen molar-refractivity contribution in [3.05, 3.63) is 34.9 Å². The van der Waals surface area contributed by atoms with Crippen molar-refractivity contribution < 1.29 is 4.79 Å². The van der Waals surface area contributed by atoms with Gasteiger partial charge in [0.2, 0.25) is 0 Å². The van der Waals surface area contributed by atoms with E-state index in [9.17, 15) is 4.79 Å². The topological polar surface area (TPSA) is 17.1 Å². The molecule has 1 aliphatic rings. The van der Waals surface area contributed by atoms with Crippen LogP contribution in [0, 0.1) is 25.7 Å². The molecule has 1 saturated carbocycles. The molecular weight excluding hydrogens is 172 g/mol. The van der Waals surface area contributed by atoms with Gasteiger partial charge in [-0.2, -0.15) is 0 Å². The number of carbonyl (C=O) groups is 1. The van der Waals surface area contributed by atoms with E-state index in [1.54, 1.807) is 0 Å². The Bertz CT molecular complexity index is 379. The van der Waals surface area contributed by atoms with Crippen molar-refractivity contribution >= 4 is 5.78 Å². The van der Waals surface area contributed by atoms with Gasteiger partial charge in [-0.3, -0.25) is 4.79 Å². The molecule has 74 valence electrons. The molecule has 0 bridgehead atoms. The maximum Gasteiger partial charge on any atom is 0.166 e. The molecular formula is C13H16O. The number of hydrogen-bond acceptors (Lipinski definition) is 1. The van der Waals surface area contributed by atoms with E-state index in [0.717, 1.165) is 17.5 Å². The fraction of sp³-hybridized carbons (Fsp3) is 0.462. The van der Waals surface area contributed by atoms with Crippen molar-refractivity contribution in [1.82, 2.24) is 0 Å². The van der Waals surface area contributed by atoms with E-state index >= 15 is 0 Å². The Morgan fingerprint density at radius 2 is 2.00 bits per heavy atom. The maximum absolute atomic E-state index is 12.0. The van der Waals surface area contributed by atoms with Gasteiger partial charge in [-0.15, -0.1) is 0 Å². The van der Waals surface area contributed by atoms with Gasteiger partial charge in [0.25, 0.3) is 0 Å². The van der Waals surface area contributed by atoms with Crippen molar-refractivity contribution in [3.63, 3.8) is 0 Å². The molecule has 0 aliphatic heterocycles. The zero-order chi connectivity index (χ0) is 10.3. The van der Waals surface area contributed by atoms with E-state index in [1.807, 2.05) is 19.1 Å². The first-order valence-electron chi connectivity index (χ1n) is 5.21. The second-order valence-electron chi connectivity index (χ2n) is 4.43. The second-order valence-corrected chi connectivity index (χ2v) is 4.43. The quantitative estimate of drug-likeness (QED) is 0.652. The predicted molar refractivity (Wildman–Crippen MR) is 57.5 cm³/mol. The van der Waals surface area contributed by atoms with E-state index in [0.29, 0.717) is 17.6 Å². The fourth-order valence-corrected chi connectivity index (χ4v) is 1.91. The average Bonchev–Trinajstić information content (AvgIpc) is 2.87. The summed E-state index contributed by atoms with van der Waals surface area (Å²) in [5, 5.41) is 0. The lowest BCUT2D eigenvalue weighted by atomic mass is 9.97. The minimum absolute atomic E-state index is 0.301. The molecule has 0 amide bonds. The lowest BCUT2D eigenvalue weighted by Crippen LogP contribution is -2.05. The van der Waals surface area contributed by atoms with Crippen molar-refractivity contribution in [3.8, 4) is 0 Å². The van der Waals surface area contributed by atoms with Crippen LogP contribution in [0.25, 0.3) is 0 Å². The molecule has 0 aromatic heterocycles. The maximum atomic E-state index is 12.0. The van der Waals surface area contributed by atoms with Crippen LogP contribution in [0.1, 0.15) is 34.8 Å². The van der Waals surface area contributed by atoms with Gasteiger partial charge in [0.15, 0.2) is 5.78 Å². The lowest BCUT2D eigenvalue weighted by molar-refractivity contribution is 0.0961. The molecule has 0 spiro atoms. The summed E-state index contributed by atoms with van der Waals surface area (Å²) in [4.78, 5) is 12.0. The van der Waals surface area contributed by atoms with Crippen LogP contribution in [-0.2, 0) is 0 Å². The van der Waals surface area contributed by atoms with Gasteiger partial charge in [0.05, 0.1) is 0 Å². The minimum Gasteiger partial charge on any atom is -0.294 e. The highest BCUT2D eigenvalue weighted by Gasteiger charge is 2.39. The highest BCUT2D eigenvalue weighted by molar-refractivity contribution is 6.01. The van der Waals surface area contributed by atoms with Crippen LogP contribution in [0.2, 0.25) is 0 Å². The molecule has 0 saturated heterocycles. The number of Topliss-reactive ketones (excluding diaryl/α,β-unsaturated/α-hetero) is 1. The van der Waals surface area contributed by atoms with Crippen LogP contribution in [0.5, 0.6) is 0 Å². The Labute approximate surface area is 85.1 Å². The summed E-state index contributed by atoms with van der Waals surface area (Å²) < 4.78 is 0. The summed E-state index contributed by atoms with van der Waals surface area (Å²) in [6.45, 7) is 6.24. The van der Waals surface area contributed by atoms with E-state index in [-0.39, 0.29) is 0 Å². The number of carbonyl (C=O) groups excluding carboxylic acids is 1. The van der Waals surface area contributed by atoms with Gasteiger partial charge in [-0.1, -0.05) is 25.1 Å². The van der Waals surface area contributed by atoms with Gasteiger partial charge < -0.3 is 0 Å². The minimum atomic E-state index is 0.301. The smallest absolute Gasteiger partial charge is 0.166 e. The van der Waals surface area contributed by atoms with Gasteiger partial charge >= 0.3 is 0 Å². The summed E-state index contributed by atoms with van der Waals surface area (Å²) in [5.41, 5.74) is 3.29. The number of benzene rings is 1. The van der Waals surface area contributed by atoms with Crippen LogP contribution in [0.3, 0.4) is 0 Å². The Balaban J connectivity index is 2.32. The molecule has 2 atom stereocenters. The molecule has 0 N–H and O–H groups in total. The lowest BCUT2D eigenvalue weighted by Gasteiger charge is -2.06. The van der Waals surface area contributed by atoms with Gasteiger partial charge in [-0.05, 0) is 37.3 Å². The third kappa shape index (κ3) is 1.47. The second kappa shape index (κ2) is 3.23. The van der Waals surface area contributed by atoms with Crippen molar-refractivity contribution in [2.45, 2.75) is 27.2 Å². The van der Waals surface area contributed by atoms with Crippen LogP contribution >= 0.6 is 0 Å². The van der Waals surface area contributed by atoms with Crippen LogP contribution < -0.4 is 0 Å². The molecule has 1 fully saturated rings. The molecule has 1 aromatic carbocycles. The zero-order valence-corrected chi connectivity index (χ0v) is 9.00. The molecule has 1 nitrogen and oxygen atoms in total. The summed E-state index contributed by atoms with van der Waals surface area (Å²) in [6.07, 6.45) is 1.08. The first-order chi connectivity index (χ1) is 6.61. The number of aryl methyl sites for hydroxylation is 1. The number of ketones is 1. The number of hydrogen-bond donors (Lipinski definition) is 0. The van der Waals surface area contributed by atoms with Crippen molar-refractivity contribution in [2.24, 2.45) is 11.8 Å². The molecule has 2 rings (SSSR count). The first kappa shape index (κ1) is 9.45. The fourth-order valence-electron chi connectivity index (χ4n) is 1.91. The summed E-state index contributed by atoms with van der Waals surface area (Å²) in [7, 11) is 0. The molecule has 0 heterocycles. The highest BCUT2D eigenvalue weighted by Crippen LogP contribution is 2.40.